The lowest BCUT2D eigenvalue weighted by atomic mass is 10.0. The van der Waals surface area contributed by atoms with E-state index in [1.165, 1.54) is 0 Å². The molecule has 1 aliphatic rings. The minimum Gasteiger partial charge on any atom is -0.382 e. The summed E-state index contributed by atoms with van der Waals surface area (Å²) in [6.45, 7) is 1.14. The monoisotopic (exact) mass is 299 g/mol. The number of sulfone groups is 1. The van der Waals surface area contributed by atoms with Crippen LogP contribution in [-0.2, 0) is 19.3 Å². The first kappa shape index (κ1) is 15.4. The number of nitrogens with one attached hydrogen (secondary N) is 1. The highest BCUT2D eigenvalue weighted by Gasteiger charge is 2.29. The summed E-state index contributed by atoms with van der Waals surface area (Å²) in [5, 5.41) is 3.38. The van der Waals surface area contributed by atoms with Crippen molar-refractivity contribution in [1.82, 2.24) is 5.32 Å². The molecule has 0 radical (unpaired) electrons. The van der Waals surface area contributed by atoms with Crippen LogP contribution in [0, 0.1) is 0 Å². The van der Waals surface area contributed by atoms with Crippen LogP contribution in [0.3, 0.4) is 0 Å². The lowest BCUT2D eigenvalue weighted by Gasteiger charge is -2.27. The Morgan fingerprint density at radius 2 is 2.10 bits per heavy atom. The van der Waals surface area contributed by atoms with Gasteiger partial charge in [-0.05, 0) is 18.1 Å². The maximum Gasteiger partial charge on any atom is 0.178 e. The van der Waals surface area contributed by atoms with Crippen LogP contribution >= 0.6 is 0 Å². The first-order valence-electron chi connectivity index (χ1n) is 6.65. The SMILES string of the molecule is COCC(CNC1CCS(=O)(=O)c2ccccc21)OC. The summed E-state index contributed by atoms with van der Waals surface area (Å²) < 4.78 is 34.5. The fraction of sp³-hybridized carbons (Fsp3) is 0.571. The lowest BCUT2D eigenvalue weighted by Crippen LogP contribution is -2.37. The molecular formula is C14H21NO4S. The molecule has 0 bridgehead atoms. The quantitative estimate of drug-likeness (QED) is 0.854. The number of methoxy groups -OCH3 is 2. The van der Waals surface area contributed by atoms with Crippen LogP contribution in [-0.4, -0.2) is 47.6 Å². The molecule has 0 fully saturated rings. The Morgan fingerprint density at radius 1 is 1.35 bits per heavy atom. The fourth-order valence-corrected chi connectivity index (χ4v) is 4.09. The van der Waals surface area contributed by atoms with Gasteiger partial charge < -0.3 is 14.8 Å². The molecule has 0 saturated carbocycles. The third kappa shape index (κ3) is 3.38. The van der Waals surface area contributed by atoms with Crippen molar-refractivity contribution < 1.29 is 17.9 Å². The van der Waals surface area contributed by atoms with E-state index in [4.69, 9.17) is 9.47 Å². The second kappa shape index (κ2) is 6.67. The summed E-state index contributed by atoms with van der Waals surface area (Å²) in [5.74, 6) is 0.184. The molecule has 0 aliphatic carbocycles. The van der Waals surface area contributed by atoms with E-state index in [0.29, 0.717) is 24.5 Å². The van der Waals surface area contributed by atoms with E-state index in [0.717, 1.165) is 5.56 Å². The highest BCUT2D eigenvalue weighted by molar-refractivity contribution is 7.91. The number of hydrogen-bond donors (Lipinski definition) is 1. The topological polar surface area (TPSA) is 64.6 Å². The third-order valence-corrected chi connectivity index (χ3v) is 5.40. The van der Waals surface area contributed by atoms with Crippen molar-refractivity contribution in [2.24, 2.45) is 0 Å². The van der Waals surface area contributed by atoms with E-state index >= 15 is 0 Å². The van der Waals surface area contributed by atoms with Crippen LogP contribution in [0.2, 0.25) is 0 Å². The molecule has 5 nitrogen and oxygen atoms in total. The van der Waals surface area contributed by atoms with Crippen molar-refractivity contribution in [2.45, 2.75) is 23.5 Å². The Morgan fingerprint density at radius 3 is 2.80 bits per heavy atom. The van der Waals surface area contributed by atoms with E-state index in [9.17, 15) is 8.42 Å². The standard InChI is InChI=1S/C14H21NO4S/c1-18-10-11(19-2)9-15-13-7-8-20(16,17)14-6-4-3-5-12(13)14/h3-6,11,13,15H,7-10H2,1-2H3. The summed E-state index contributed by atoms with van der Waals surface area (Å²) in [7, 11) is 0.152. The van der Waals surface area contributed by atoms with E-state index in [-0.39, 0.29) is 17.9 Å². The third-order valence-electron chi connectivity index (χ3n) is 3.58. The average Bonchev–Trinajstić information content (AvgIpc) is 2.45. The Hall–Kier alpha value is -0.950. The molecule has 0 spiro atoms. The van der Waals surface area contributed by atoms with Crippen molar-refractivity contribution >= 4 is 9.84 Å². The second-order valence-electron chi connectivity index (χ2n) is 4.92. The largest absolute Gasteiger partial charge is 0.382 e. The fourth-order valence-electron chi connectivity index (χ4n) is 2.47. The Kier molecular flexibility index (Phi) is 5.15. The van der Waals surface area contributed by atoms with Gasteiger partial charge in [-0.1, -0.05) is 18.2 Å². The zero-order valence-electron chi connectivity index (χ0n) is 11.8. The van der Waals surface area contributed by atoms with Crippen molar-refractivity contribution in [3.8, 4) is 0 Å². The molecule has 20 heavy (non-hydrogen) atoms. The average molecular weight is 299 g/mol. The molecule has 1 aromatic rings. The first-order chi connectivity index (χ1) is 9.58. The maximum absolute atomic E-state index is 12.0. The smallest absolute Gasteiger partial charge is 0.178 e. The van der Waals surface area contributed by atoms with Gasteiger partial charge in [-0.2, -0.15) is 0 Å². The molecule has 1 N–H and O–H groups in total. The van der Waals surface area contributed by atoms with Gasteiger partial charge in [0.2, 0.25) is 0 Å². The first-order valence-corrected chi connectivity index (χ1v) is 8.30. The van der Waals surface area contributed by atoms with Crippen LogP contribution in [0.15, 0.2) is 29.2 Å². The molecular weight excluding hydrogens is 278 g/mol. The molecule has 1 heterocycles. The van der Waals surface area contributed by atoms with Gasteiger partial charge in [0, 0.05) is 26.8 Å². The lowest BCUT2D eigenvalue weighted by molar-refractivity contribution is 0.0272. The van der Waals surface area contributed by atoms with E-state index < -0.39 is 9.84 Å². The Bertz CT molecular complexity index is 544. The molecule has 2 unspecified atom stereocenters. The highest BCUT2D eigenvalue weighted by Crippen LogP contribution is 2.31. The van der Waals surface area contributed by atoms with Gasteiger partial charge in [0.1, 0.15) is 0 Å². The number of fused-ring (bicyclic) bond motifs is 1. The molecule has 0 saturated heterocycles. The van der Waals surface area contributed by atoms with Gasteiger partial charge in [-0.25, -0.2) is 8.42 Å². The summed E-state index contributed by atoms with van der Waals surface area (Å²) in [6.07, 6.45) is 0.550. The summed E-state index contributed by atoms with van der Waals surface area (Å²) in [5.41, 5.74) is 0.853. The van der Waals surface area contributed by atoms with E-state index in [1.54, 1.807) is 26.4 Å². The van der Waals surface area contributed by atoms with Crippen LogP contribution in [0.25, 0.3) is 0 Å². The zero-order chi connectivity index (χ0) is 14.6. The normalized spacial score (nSPS) is 22.2. The predicted molar refractivity (Wildman–Crippen MR) is 76.5 cm³/mol. The molecule has 1 aliphatic heterocycles. The van der Waals surface area contributed by atoms with E-state index in [1.807, 2.05) is 12.1 Å². The molecule has 112 valence electrons. The Labute approximate surface area is 120 Å². The number of rotatable bonds is 6. The van der Waals surface area contributed by atoms with Crippen molar-refractivity contribution in [2.75, 3.05) is 33.1 Å². The summed E-state index contributed by atoms with van der Waals surface area (Å²) in [4.78, 5) is 0.449. The number of ether oxygens (including phenoxy) is 2. The van der Waals surface area contributed by atoms with Gasteiger partial charge in [0.15, 0.2) is 9.84 Å². The summed E-state index contributed by atoms with van der Waals surface area (Å²) >= 11 is 0. The highest BCUT2D eigenvalue weighted by atomic mass is 32.2. The molecule has 1 aromatic carbocycles. The second-order valence-corrected chi connectivity index (χ2v) is 7.00. The molecule has 0 amide bonds. The molecule has 2 atom stereocenters. The van der Waals surface area contributed by atoms with E-state index in [2.05, 4.69) is 5.32 Å². The number of hydrogen-bond acceptors (Lipinski definition) is 5. The van der Waals surface area contributed by atoms with Gasteiger partial charge >= 0.3 is 0 Å². The summed E-state index contributed by atoms with van der Waals surface area (Å²) in [6, 6.07) is 7.24. The minimum absolute atomic E-state index is 0.0364. The molecule has 6 heteroatoms. The van der Waals surface area contributed by atoms with Crippen LogP contribution in [0.1, 0.15) is 18.0 Å². The Balaban J connectivity index is 2.11. The van der Waals surface area contributed by atoms with Crippen molar-refractivity contribution in [3.05, 3.63) is 29.8 Å². The predicted octanol–water partition coefficient (Wildman–Crippen LogP) is 1.16. The van der Waals surface area contributed by atoms with Crippen LogP contribution in [0.4, 0.5) is 0 Å². The van der Waals surface area contributed by atoms with Crippen molar-refractivity contribution in [3.63, 3.8) is 0 Å². The van der Waals surface area contributed by atoms with Gasteiger partial charge in [-0.3, -0.25) is 0 Å². The molecule has 0 aromatic heterocycles. The number of benzene rings is 1. The van der Waals surface area contributed by atoms with Crippen molar-refractivity contribution in [1.29, 1.82) is 0 Å². The zero-order valence-corrected chi connectivity index (χ0v) is 12.7. The van der Waals surface area contributed by atoms with Crippen LogP contribution in [0.5, 0.6) is 0 Å². The minimum atomic E-state index is -3.13. The van der Waals surface area contributed by atoms with Gasteiger partial charge in [-0.15, -0.1) is 0 Å². The maximum atomic E-state index is 12.0. The van der Waals surface area contributed by atoms with Gasteiger partial charge in [0.05, 0.1) is 23.4 Å². The van der Waals surface area contributed by atoms with Crippen LogP contribution < -0.4 is 5.32 Å². The molecule has 2 rings (SSSR count). The van der Waals surface area contributed by atoms with Gasteiger partial charge in [0.25, 0.3) is 0 Å².